The van der Waals surface area contributed by atoms with E-state index in [1.54, 1.807) is 0 Å². The van der Waals surface area contributed by atoms with Gasteiger partial charge in [0.05, 0.1) is 0 Å². The number of rotatable bonds is 0. The number of benzene rings is 2. The van der Waals surface area contributed by atoms with Gasteiger partial charge in [-0.25, -0.2) is 4.79 Å². The van der Waals surface area contributed by atoms with Gasteiger partial charge < -0.3 is 10.2 Å². The van der Waals surface area contributed by atoms with Crippen LogP contribution in [0.15, 0.2) is 60.7 Å². The lowest BCUT2D eigenvalue weighted by atomic mass is 10.2. The van der Waals surface area contributed by atoms with Crippen molar-refractivity contribution in [1.29, 1.82) is 0 Å². The number of hydrogen-bond donors (Lipinski definition) is 2. The molecule has 2 aromatic rings. The van der Waals surface area contributed by atoms with Gasteiger partial charge in [0.25, 0.3) is 0 Å². The minimum atomic E-state index is -1.83. The van der Waals surface area contributed by atoms with Crippen LogP contribution in [0.25, 0.3) is 0 Å². The van der Waals surface area contributed by atoms with E-state index in [2.05, 4.69) is 38.1 Å². The average Bonchev–Trinajstić information content (AvgIpc) is 2.31. The topological polar surface area (TPSA) is 57.5 Å². The highest BCUT2D eigenvalue weighted by Gasteiger charge is 1.72. The Labute approximate surface area is 107 Å². The van der Waals surface area contributed by atoms with E-state index in [0.29, 0.717) is 0 Å². The molecule has 0 bridgehead atoms. The summed E-state index contributed by atoms with van der Waals surface area (Å²) in [5, 5.41) is 13.9. The highest BCUT2D eigenvalue weighted by atomic mass is 16.6. The molecule has 0 aliphatic carbocycles. The van der Waals surface area contributed by atoms with Crippen molar-refractivity contribution in [3.05, 3.63) is 71.8 Å². The van der Waals surface area contributed by atoms with Gasteiger partial charge in [-0.3, -0.25) is 0 Å². The normalized spacial score (nSPS) is 8.11. The number of hydrogen-bond acceptors (Lipinski definition) is 1. The quantitative estimate of drug-likeness (QED) is 0.732. The Hall–Kier alpha value is -2.29. The van der Waals surface area contributed by atoms with Crippen molar-refractivity contribution in [3.63, 3.8) is 0 Å². The van der Waals surface area contributed by atoms with Gasteiger partial charge in [0.1, 0.15) is 0 Å². The summed E-state index contributed by atoms with van der Waals surface area (Å²) >= 11 is 0. The van der Waals surface area contributed by atoms with Crippen LogP contribution in [0, 0.1) is 13.8 Å². The molecular weight excluding hydrogens is 228 g/mol. The minimum absolute atomic E-state index is 1.32. The van der Waals surface area contributed by atoms with Crippen LogP contribution in [0.5, 0.6) is 0 Å². The molecule has 0 unspecified atom stereocenters. The fourth-order valence-electron chi connectivity index (χ4n) is 1.07. The first kappa shape index (κ1) is 15.7. The van der Waals surface area contributed by atoms with Gasteiger partial charge in [-0.2, -0.15) is 0 Å². The third kappa shape index (κ3) is 11.8. The molecule has 96 valence electrons. The minimum Gasteiger partial charge on any atom is -0.450 e. The van der Waals surface area contributed by atoms with Gasteiger partial charge in [0.2, 0.25) is 0 Å². The molecule has 3 nitrogen and oxygen atoms in total. The zero-order chi connectivity index (χ0) is 13.8. The van der Waals surface area contributed by atoms with Crippen molar-refractivity contribution in [2.45, 2.75) is 13.8 Å². The Bertz CT molecular complexity index is 383. The van der Waals surface area contributed by atoms with Crippen LogP contribution in [0.2, 0.25) is 0 Å². The molecule has 0 radical (unpaired) electrons. The lowest BCUT2D eigenvalue weighted by Crippen LogP contribution is -1.81. The fourth-order valence-corrected chi connectivity index (χ4v) is 1.07. The molecule has 0 amide bonds. The molecule has 0 aliphatic rings. The Balaban J connectivity index is 0.000000253. The summed E-state index contributed by atoms with van der Waals surface area (Å²) in [6.07, 6.45) is -1.83. The molecule has 0 atom stereocenters. The van der Waals surface area contributed by atoms with Crippen LogP contribution in [0.4, 0.5) is 4.79 Å². The van der Waals surface area contributed by atoms with Gasteiger partial charge in [-0.05, 0) is 13.8 Å². The Morgan fingerprint density at radius 2 is 0.944 bits per heavy atom. The molecule has 0 fully saturated rings. The van der Waals surface area contributed by atoms with Crippen molar-refractivity contribution >= 4 is 6.16 Å². The maximum absolute atomic E-state index is 8.56. The Morgan fingerprint density at radius 3 is 1.06 bits per heavy atom. The van der Waals surface area contributed by atoms with E-state index in [9.17, 15) is 0 Å². The van der Waals surface area contributed by atoms with E-state index in [-0.39, 0.29) is 0 Å². The van der Waals surface area contributed by atoms with Gasteiger partial charge >= 0.3 is 6.16 Å². The van der Waals surface area contributed by atoms with Crippen molar-refractivity contribution in [1.82, 2.24) is 0 Å². The summed E-state index contributed by atoms with van der Waals surface area (Å²) in [7, 11) is 0. The lowest BCUT2D eigenvalue weighted by Gasteiger charge is -1.82. The van der Waals surface area contributed by atoms with Crippen molar-refractivity contribution in [2.75, 3.05) is 0 Å². The lowest BCUT2D eigenvalue weighted by molar-refractivity contribution is 0.137. The Kier molecular flexibility index (Phi) is 8.64. The molecule has 2 N–H and O–H groups in total. The van der Waals surface area contributed by atoms with Crippen LogP contribution in [0.1, 0.15) is 11.1 Å². The molecule has 0 aliphatic heterocycles. The second-order valence-corrected chi connectivity index (χ2v) is 3.59. The number of aryl methyl sites for hydroxylation is 2. The smallest absolute Gasteiger partial charge is 0.450 e. The highest BCUT2D eigenvalue weighted by Crippen LogP contribution is 1.92. The molecule has 0 aromatic heterocycles. The monoisotopic (exact) mass is 246 g/mol. The van der Waals surface area contributed by atoms with E-state index in [1.165, 1.54) is 11.1 Å². The van der Waals surface area contributed by atoms with Crippen LogP contribution >= 0.6 is 0 Å². The summed E-state index contributed by atoms with van der Waals surface area (Å²) in [6.45, 7) is 4.17. The maximum atomic E-state index is 8.56. The fraction of sp³-hybridized carbons (Fsp3) is 0.133. The summed E-state index contributed by atoms with van der Waals surface area (Å²) in [4.78, 5) is 8.56. The van der Waals surface area contributed by atoms with E-state index in [4.69, 9.17) is 15.0 Å². The molecule has 3 heteroatoms. The van der Waals surface area contributed by atoms with Crippen molar-refractivity contribution in [2.24, 2.45) is 0 Å². The Morgan fingerprint density at radius 1 is 0.722 bits per heavy atom. The highest BCUT2D eigenvalue weighted by molar-refractivity contribution is 5.53. The standard InChI is InChI=1S/2C7H8.CH2O3/c2*1-7-5-3-2-4-6-7;2-1(3)4/h2*2-6H,1H3;(H2,2,3,4). The van der Waals surface area contributed by atoms with Gasteiger partial charge in [0, 0.05) is 0 Å². The molecular formula is C15H18O3. The van der Waals surface area contributed by atoms with E-state index in [0.717, 1.165) is 0 Å². The largest absolute Gasteiger partial charge is 0.503 e. The zero-order valence-electron chi connectivity index (χ0n) is 10.6. The second kappa shape index (κ2) is 9.90. The molecule has 18 heavy (non-hydrogen) atoms. The number of carbonyl (C=O) groups is 1. The maximum Gasteiger partial charge on any atom is 0.503 e. The summed E-state index contributed by atoms with van der Waals surface area (Å²) in [5.41, 5.74) is 2.64. The summed E-state index contributed by atoms with van der Waals surface area (Å²) in [5.74, 6) is 0. The SMILES string of the molecule is Cc1ccccc1.Cc1ccccc1.O=C(O)O. The molecule has 2 rings (SSSR count). The molecule has 0 saturated carbocycles. The molecule has 2 aromatic carbocycles. The molecule has 0 heterocycles. The van der Waals surface area contributed by atoms with Crippen LogP contribution in [-0.2, 0) is 0 Å². The molecule has 0 saturated heterocycles. The first-order chi connectivity index (χ1) is 8.52. The van der Waals surface area contributed by atoms with Gasteiger partial charge in [-0.1, -0.05) is 71.8 Å². The third-order valence-corrected chi connectivity index (χ3v) is 1.88. The van der Waals surface area contributed by atoms with Gasteiger partial charge in [-0.15, -0.1) is 0 Å². The van der Waals surface area contributed by atoms with Crippen LogP contribution < -0.4 is 0 Å². The first-order valence-corrected chi connectivity index (χ1v) is 5.47. The second-order valence-electron chi connectivity index (χ2n) is 3.59. The zero-order valence-corrected chi connectivity index (χ0v) is 10.6. The first-order valence-electron chi connectivity index (χ1n) is 5.47. The van der Waals surface area contributed by atoms with Crippen molar-refractivity contribution < 1.29 is 15.0 Å². The van der Waals surface area contributed by atoms with Crippen LogP contribution in [0.3, 0.4) is 0 Å². The van der Waals surface area contributed by atoms with E-state index >= 15 is 0 Å². The van der Waals surface area contributed by atoms with Crippen molar-refractivity contribution in [3.8, 4) is 0 Å². The van der Waals surface area contributed by atoms with Crippen LogP contribution in [-0.4, -0.2) is 16.4 Å². The number of carboxylic acid groups (broad SMARTS) is 2. The predicted octanol–water partition coefficient (Wildman–Crippen LogP) is 4.21. The predicted molar refractivity (Wildman–Crippen MR) is 73.0 cm³/mol. The van der Waals surface area contributed by atoms with Gasteiger partial charge in [0.15, 0.2) is 0 Å². The third-order valence-electron chi connectivity index (χ3n) is 1.88. The van der Waals surface area contributed by atoms with E-state index < -0.39 is 6.16 Å². The summed E-state index contributed by atoms with van der Waals surface area (Å²) < 4.78 is 0. The van der Waals surface area contributed by atoms with E-state index in [1.807, 2.05) is 36.4 Å². The average molecular weight is 246 g/mol. The molecule has 0 spiro atoms. The summed E-state index contributed by atoms with van der Waals surface area (Å²) in [6, 6.07) is 20.5.